The van der Waals surface area contributed by atoms with Crippen LogP contribution >= 0.6 is 15.9 Å². The van der Waals surface area contributed by atoms with E-state index in [0.717, 1.165) is 21.9 Å². The highest BCUT2D eigenvalue weighted by molar-refractivity contribution is 9.10. The zero-order chi connectivity index (χ0) is 28.4. The molecule has 0 saturated heterocycles. The first-order valence-electron chi connectivity index (χ1n) is 13.0. The molecular weight excluding hydrogens is 578 g/mol. The number of rotatable bonds is 13. The van der Waals surface area contributed by atoms with Gasteiger partial charge in [0, 0.05) is 36.4 Å². The van der Waals surface area contributed by atoms with Crippen molar-refractivity contribution in [2.45, 2.75) is 51.7 Å². The van der Waals surface area contributed by atoms with Gasteiger partial charge in [-0.25, -0.2) is 8.42 Å². The summed E-state index contributed by atoms with van der Waals surface area (Å²) in [7, 11) is -3.53. The smallest absolute Gasteiger partial charge is 0.243 e. The second kappa shape index (κ2) is 14.3. The molecule has 1 N–H and O–H groups in total. The molecule has 39 heavy (non-hydrogen) atoms. The van der Waals surface area contributed by atoms with Crippen molar-refractivity contribution in [2.75, 3.05) is 17.1 Å². The summed E-state index contributed by atoms with van der Waals surface area (Å²) >= 11 is 3.45. The van der Waals surface area contributed by atoms with Crippen molar-refractivity contribution >= 4 is 43.5 Å². The Morgan fingerprint density at radius 3 is 2.03 bits per heavy atom. The van der Waals surface area contributed by atoms with Crippen LogP contribution in [0.15, 0.2) is 89.4 Å². The van der Waals surface area contributed by atoms with Crippen LogP contribution in [-0.2, 0) is 32.6 Å². The lowest BCUT2D eigenvalue weighted by molar-refractivity contribution is -0.141. The van der Waals surface area contributed by atoms with E-state index in [0.29, 0.717) is 18.5 Å². The van der Waals surface area contributed by atoms with Gasteiger partial charge in [-0.15, -0.1) is 0 Å². The third-order valence-electron chi connectivity index (χ3n) is 6.16. The third-order valence-corrected chi connectivity index (χ3v) is 7.89. The van der Waals surface area contributed by atoms with Crippen molar-refractivity contribution < 1.29 is 18.0 Å². The van der Waals surface area contributed by atoms with Crippen molar-refractivity contribution in [3.05, 3.63) is 101 Å². The summed E-state index contributed by atoms with van der Waals surface area (Å²) in [6.45, 7) is 4.19. The second-order valence-corrected chi connectivity index (χ2v) is 12.6. The Morgan fingerprint density at radius 1 is 0.872 bits per heavy atom. The minimum Gasteiger partial charge on any atom is -0.352 e. The van der Waals surface area contributed by atoms with Crippen molar-refractivity contribution in [2.24, 2.45) is 0 Å². The molecule has 0 aliphatic carbocycles. The van der Waals surface area contributed by atoms with Gasteiger partial charge in [-0.05, 0) is 55.7 Å². The molecule has 1 atom stereocenters. The van der Waals surface area contributed by atoms with Crippen LogP contribution in [0.3, 0.4) is 0 Å². The monoisotopic (exact) mass is 613 g/mol. The number of sulfonamides is 1. The van der Waals surface area contributed by atoms with E-state index in [9.17, 15) is 18.0 Å². The van der Waals surface area contributed by atoms with Gasteiger partial charge in [0.05, 0.1) is 11.9 Å². The Kier molecular flexibility index (Phi) is 11.1. The fourth-order valence-electron chi connectivity index (χ4n) is 4.32. The number of anilines is 1. The molecule has 0 spiro atoms. The van der Waals surface area contributed by atoms with E-state index in [4.69, 9.17) is 0 Å². The van der Waals surface area contributed by atoms with Gasteiger partial charge >= 0.3 is 0 Å². The molecule has 0 aliphatic heterocycles. The molecule has 0 aliphatic rings. The summed E-state index contributed by atoms with van der Waals surface area (Å²) in [5, 5.41) is 2.98. The lowest BCUT2D eigenvalue weighted by atomic mass is 10.0. The molecule has 2 amide bonds. The van der Waals surface area contributed by atoms with Crippen molar-refractivity contribution in [3.8, 4) is 0 Å². The van der Waals surface area contributed by atoms with Crippen LogP contribution in [-0.4, -0.2) is 50.0 Å². The third kappa shape index (κ3) is 9.51. The molecule has 0 fully saturated rings. The molecular formula is C30H36BrN3O4S. The standard InChI is InChI=1S/C30H36BrN3O4S/c1-23(2)32-30(36)28(21-24-11-6-4-7-12-24)33(22-25-16-18-26(31)19-17-25)29(35)15-10-20-34(39(3,37)38)27-13-8-5-9-14-27/h4-9,11-14,16-19,23,28H,10,15,20-22H2,1-3H3,(H,32,36)/t28-/m0/s1. The quantitative estimate of drug-likeness (QED) is 0.288. The van der Waals surface area contributed by atoms with Crippen LogP contribution in [0.1, 0.15) is 37.8 Å². The van der Waals surface area contributed by atoms with Crippen LogP contribution in [0.2, 0.25) is 0 Å². The minimum absolute atomic E-state index is 0.0883. The Bertz CT molecular complexity index is 1320. The van der Waals surface area contributed by atoms with Crippen LogP contribution in [0, 0.1) is 0 Å². The number of hydrogen-bond donors (Lipinski definition) is 1. The SMILES string of the molecule is CC(C)NC(=O)[C@H](Cc1ccccc1)N(Cc1ccc(Br)cc1)C(=O)CCCN(c1ccccc1)S(C)(=O)=O. The summed E-state index contributed by atoms with van der Waals surface area (Å²) in [6, 6.07) is 25.3. The Morgan fingerprint density at radius 2 is 1.46 bits per heavy atom. The molecule has 9 heteroatoms. The predicted molar refractivity (Wildman–Crippen MR) is 160 cm³/mol. The topological polar surface area (TPSA) is 86.8 Å². The van der Waals surface area contributed by atoms with E-state index in [1.54, 1.807) is 29.2 Å². The van der Waals surface area contributed by atoms with Crippen molar-refractivity contribution in [1.29, 1.82) is 0 Å². The molecule has 3 aromatic rings. The number of benzene rings is 3. The van der Waals surface area contributed by atoms with Crippen molar-refractivity contribution in [1.82, 2.24) is 10.2 Å². The van der Waals surface area contributed by atoms with Gasteiger partial charge in [0.1, 0.15) is 6.04 Å². The summed E-state index contributed by atoms with van der Waals surface area (Å²) in [5.41, 5.74) is 2.39. The van der Waals surface area contributed by atoms with Crippen LogP contribution in [0.25, 0.3) is 0 Å². The van der Waals surface area contributed by atoms with Crippen LogP contribution in [0.5, 0.6) is 0 Å². The minimum atomic E-state index is -3.53. The molecule has 0 saturated carbocycles. The first kappa shape index (κ1) is 30.4. The maximum absolute atomic E-state index is 13.8. The van der Waals surface area contributed by atoms with Gasteiger partial charge in [-0.1, -0.05) is 76.6 Å². The van der Waals surface area contributed by atoms with Gasteiger partial charge in [-0.3, -0.25) is 13.9 Å². The fraction of sp³-hybridized carbons (Fsp3) is 0.333. The highest BCUT2D eigenvalue weighted by Crippen LogP contribution is 2.20. The average molecular weight is 615 g/mol. The normalized spacial score (nSPS) is 12.1. The summed E-state index contributed by atoms with van der Waals surface area (Å²) in [4.78, 5) is 28.8. The molecule has 0 unspecified atom stereocenters. The molecule has 3 aromatic carbocycles. The lowest BCUT2D eigenvalue weighted by Gasteiger charge is -2.32. The zero-order valence-electron chi connectivity index (χ0n) is 22.6. The molecule has 3 rings (SSSR count). The first-order chi connectivity index (χ1) is 18.5. The van der Waals surface area contributed by atoms with Crippen LogP contribution < -0.4 is 9.62 Å². The number of amides is 2. The maximum atomic E-state index is 13.8. The van der Waals surface area contributed by atoms with E-state index in [1.807, 2.05) is 74.5 Å². The van der Waals surface area contributed by atoms with E-state index in [1.165, 1.54) is 4.31 Å². The molecule has 0 radical (unpaired) electrons. The van der Waals surface area contributed by atoms with E-state index < -0.39 is 16.1 Å². The number of hydrogen-bond acceptors (Lipinski definition) is 4. The average Bonchev–Trinajstić information content (AvgIpc) is 2.89. The predicted octanol–water partition coefficient (Wildman–Crippen LogP) is 5.16. The number of carbonyl (C=O) groups excluding carboxylic acids is 2. The Hall–Kier alpha value is -3.17. The molecule has 208 valence electrons. The van der Waals surface area contributed by atoms with E-state index in [-0.39, 0.29) is 37.4 Å². The zero-order valence-corrected chi connectivity index (χ0v) is 25.0. The number of nitrogens with zero attached hydrogens (tertiary/aromatic N) is 2. The lowest BCUT2D eigenvalue weighted by Crippen LogP contribution is -2.51. The number of para-hydroxylation sites is 1. The molecule has 0 aromatic heterocycles. The number of carbonyl (C=O) groups is 2. The largest absolute Gasteiger partial charge is 0.352 e. The van der Waals surface area contributed by atoms with E-state index in [2.05, 4.69) is 21.2 Å². The Balaban J connectivity index is 1.87. The highest BCUT2D eigenvalue weighted by atomic mass is 79.9. The Labute approximate surface area is 240 Å². The maximum Gasteiger partial charge on any atom is 0.243 e. The molecule has 0 heterocycles. The van der Waals surface area contributed by atoms with Gasteiger partial charge in [0.15, 0.2) is 0 Å². The van der Waals surface area contributed by atoms with Gasteiger partial charge in [-0.2, -0.15) is 0 Å². The number of nitrogens with one attached hydrogen (secondary N) is 1. The van der Waals surface area contributed by atoms with Gasteiger partial charge in [0.2, 0.25) is 21.8 Å². The molecule has 0 bridgehead atoms. The molecule has 7 nitrogen and oxygen atoms in total. The fourth-order valence-corrected chi connectivity index (χ4v) is 5.55. The van der Waals surface area contributed by atoms with Crippen molar-refractivity contribution in [3.63, 3.8) is 0 Å². The summed E-state index contributed by atoms with van der Waals surface area (Å²) in [6.07, 6.45) is 1.92. The second-order valence-electron chi connectivity index (χ2n) is 9.79. The highest BCUT2D eigenvalue weighted by Gasteiger charge is 2.31. The first-order valence-corrected chi connectivity index (χ1v) is 15.6. The summed E-state index contributed by atoms with van der Waals surface area (Å²) < 4.78 is 27.2. The van der Waals surface area contributed by atoms with Gasteiger partial charge in [0.25, 0.3) is 0 Å². The van der Waals surface area contributed by atoms with Gasteiger partial charge < -0.3 is 10.2 Å². The summed E-state index contributed by atoms with van der Waals surface area (Å²) in [5.74, 6) is -0.430. The van der Waals surface area contributed by atoms with Crippen LogP contribution in [0.4, 0.5) is 5.69 Å². The number of halogens is 1. The van der Waals surface area contributed by atoms with E-state index >= 15 is 0 Å².